The number of rotatable bonds is 4. The maximum absolute atomic E-state index is 11.5. The van der Waals surface area contributed by atoms with Crippen molar-refractivity contribution in [2.75, 3.05) is 12.4 Å². The van der Waals surface area contributed by atoms with Gasteiger partial charge in [0.15, 0.2) is 0 Å². The quantitative estimate of drug-likeness (QED) is 0.692. The van der Waals surface area contributed by atoms with Crippen molar-refractivity contribution in [3.63, 3.8) is 0 Å². The van der Waals surface area contributed by atoms with Gasteiger partial charge in [0, 0.05) is 0 Å². The second-order valence-corrected chi connectivity index (χ2v) is 4.72. The highest BCUT2D eigenvalue weighted by atomic mass is 35.5. The van der Waals surface area contributed by atoms with Crippen LogP contribution < -0.4 is 5.32 Å². The number of carbonyl (C=O) groups excluding carboxylic acids is 1. The van der Waals surface area contributed by atoms with Gasteiger partial charge in [0.2, 0.25) is 0 Å². The Labute approximate surface area is 121 Å². The largest absolute Gasteiger partial charge is 0.465 e. The number of halogens is 1. The molecular formula is C14H15ClN2O3. The van der Waals surface area contributed by atoms with Crippen LogP contribution in [0, 0.1) is 13.8 Å². The Morgan fingerprint density at radius 1 is 1.45 bits per heavy atom. The Balaban J connectivity index is 2.07. The minimum Gasteiger partial charge on any atom is -0.465 e. The fourth-order valence-corrected chi connectivity index (χ4v) is 1.89. The minimum absolute atomic E-state index is 0.401. The molecule has 20 heavy (non-hydrogen) atoms. The van der Waals surface area contributed by atoms with E-state index in [0.717, 1.165) is 11.3 Å². The van der Waals surface area contributed by atoms with Crippen LogP contribution in [0.5, 0.6) is 0 Å². The number of furan rings is 1. The lowest BCUT2D eigenvalue weighted by molar-refractivity contribution is 0.0599. The van der Waals surface area contributed by atoms with Crippen molar-refractivity contribution in [2.45, 2.75) is 20.4 Å². The van der Waals surface area contributed by atoms with E-state index in [2.05, 4.69) is 15.0 Å². The van der Waals surface area contributed by atoms with Gasteiger partial charge in [0.1, 0.15) is 22.2 Å². The smallest absolute Gasteiger partial charge is 0.341 e. The van der Waals surface area contributed by atoms with Gasteiger partial charge in [-0.2, -0.15) is 0 Å². The summed E-state index contributed by atoms with van der Waals surface area (Å²) in [5, 5.41) is 3.64. The van der Waals surface area contributed by atoms with Crippen molar-refractivity contribution < 1.29 is 13.9 Å². The molecule has 0 atom stereocenters. The number of hydrogen-bond donors (Lipinski definition) is 1. The van der Waals surface area contributed by atoms with E-state index in [1.807, 2.05) is 13.0 Å². The average Bonchev–Trinajstić information content (AvgIpc) is 2.80. The molecule has 0 fully saturated rings. The van der Waals surface area contributed by atoms with Crippen LogP contribution in [0.3, 0.4) is 0 Å². The summed E-state index contributed by atoms with van der Waals surface area (Å²) in [6.45, 7) is 4.05. The van der Waals surface area contributed by atoms with Gasteiger partial charge in [-0.05, 0) is 31.5 Å². The zero-order valence-electron chi connectivity index (χ0n) is 11.5. The summed E-state index contributed by atoms with van der Waals surface area (Å²) in [7, 11) is 1.34. The van der Waals surface area contributed by atoms with Crippen LogP contribution in [-0.2, 0) is 11.3 Å². The lowest BCUT2D eigenvalue weighted by atomic mass is 10.2. The average molecular weight is 295 g/mol. The lowest BCUT2D eigenvalue weighted by Crippen LogP contribution is -2.01. The maximum Gasteiger partial charge on any atom is 0.341 e. The van der Waals surface area contributed by atoms with Crippen LogP contribution in [0.4, 0.5) is 5.69 Å². The standard InChI is InChI=1S/C14H15ClN2O3/c1-8-4-10(6-17-13(8)15)16-7-11-5-12(9(2)20-11)14(18)19-3/h4-6,16H,7H2,1-3H3. The molecule has 2 rings (SSSR count). The number of ether oxygens (including phenoxy) is 1. The van der Waals surface area contributed by atoms with Gasteiger partial charge in [-0.3, -0.25) is 0 Å². The summed E-state index contributed by atoms with van der Waals surface area (Å²) >= 11 is 5.86. The predicted octanol–water partition coefficient (Wildman–Crippen LogP) is 3.34. The van der Waals surface area contributed by atoms with E-state index in [1.54, 1.807) is 19.2 Å². The van der Waals surface area contributed by atoms with Crippen molar-refractivity contribution in [2.24, 2.45) is 0 Å². The molecule has 6 heteroatoms. The van der Waals surface area contributed by atoms with E-state index in [1.165, 1.54) is 7.11 Å². The Kier molecular flexibility index (Phi) is 4.29. The van der Waals surface area contributed by atoms with Gasteiger partial charge >= 0.3 is 5.97 Å². The molecule has 0 unspecified atom stereocenters. The third-order valence-corrected chi connectivity index (χ3v) is 3.25. The van der Waals surface area contributed by atoms with Crippen LogP contribution in [0.1, 0.15) is 27.4 Å². The molecule has 2 aromatic rings. The molecule has 5 nitrogen and oxygen atoms in total. The second kappa shape index (κ2) is 5.96. The molecule has 0 spiro atoms. The highest BCUT2D eigenvalue weighted by molar-refractivity contribution is 6.30. The first-order valence-corrected chi connectivity index (χ1v) is 6.42. The molecule has 0 aliphatic rings. The highest BCUT2D eigenvalue weighted by Gasteiger charge is 2.15. The van der Waals surface area contributed by atoms with E-state index in [4.69, 9.17) is 16.0 Å². The summed E-state index contributed by atoms with van der Waals surface area (Å²) in [4.78, 5) is 15.5. The molecule has 0 saturated carbocycles. The molecule has 2 heterocycles. The van der Waals surface area contributed by atoms with Crippen molar-refractivity contribution in [3.05, 3.63) is 46.1 Å². The number of aromatic nitrogens is 1. The minimum atomic E-state index is -0.401. The van der Waals surface area contributed by atoms with Gasteiger partial charge < -0.3 is 14.5 Å². The molecule has 106 valence electrons. The topological polar surface area (TPSA) is 64.4 Å². The number of nitrogens with one attached hydrogen (secondary N) is 1. The number of aryl methyl sites for hydroxylation is 2. The van der Waals surface area contributed by atoms with Gasteiger partial charge in [-0.1, -0.05) is 11.6 Å². The molecule has 0 aliphatic carbocycles. The summed E-state index contributed by atoms with van der Waals surface area (Å²) in [6.07, 6.45) is 1.65. The Hall–Kier alpha value is -2.01. The molecule has 0 radical (unpaired) electrons. The van der Waals surface area contributed by atoms with Crippen molar-refractivity contribution >= 4 is 23.3 Å². The first-order valence-electron chi connectivity index (χ1n) is 6.05. The molecule has 0 aliphatic heterocycles. The third-order valence-electron chi connectivity index (χ3n) is 2.86. The predicted molar refractivity (Wildman–Crippen MR) is 76.1 cm³/mol. The van der Waals surface area contributed by atoms with E-state index in [-0.39, 0.29) is 0 Å². The Bertz CT molecular complexity index is 637. The summed E-state index contributed by atoms with van der Waals surface area (Å²) in [5.41, 5.74) is 2.16. The number of anilines is 1. The van der Waals surface area contributed by atoms with E-state index in [9.17, 15) is 4.79 Å². The molecule has 2 aromatic heterocycles. The van der Waals surface area contributed by atoms with Gasteiger partial charge in [0.25, 0.3) is 0 Å². The summed E-state index contributed by atoms with van der Waals surface area (Å²) < 4.78 is 10.2. The SMILES string of the molecule is COC(=O)c1cc(CNc2cnc(Cl)c(C)c2)oc1C. The normalized spacial score (nSPS) is 10.4. The van der Waals surface area contributed by atoms with Crippen LogP contribution >= 0.6 is 11.6 Å². The van der Waals surface area contributed by atoms with Gasteiger partial charge in [-0.25, -0.2) is 9.78 Å². The third kappa shape index (κ3) is 3.11. The van der Waals surface area contributed by atoms with Gasteiger partial charge in [-0.15, -0.1) is 0 Å². The maximum atomic E-state index is 11.5. The Morgan fingerprint density at radius 3 is 2.85 bits per heavy atom. The molecule has 0 aromatic carbocycles. The number of esters is 1. The summed E-state index contributed by atoms with van der Waals surface area (Å²) in [5.74, 6) is 0.788. The number of pyridine rings is 1. The van der Waals surface area contributed by atoms with Crippen molar-refractivity contribution in [1.29, 1.82) is 0 Å². The first kappa shape index (κ1) is 14.4. The van der Waals surface area contributed by atoms with Crippen LogP contribution in [0.15, 0.2) is 22.7 Å². The van der Waals surface area contributed by atoms with Crippen molar-refractivity contribution in [1.82, 2.24) is 4.98 Å². The van der Waals surface area contributed by atoms with E-state index >= 15 is 0 Å². The number of nitrogens with zero attached hydrogens (tertiary/aromatic N) is 1. The van der Waals surface area contributed by atoms with E-state index in [0.29, 0.717) is 28.8 Å². The Morgan fingerprint density at radius 2 is 2.20 bits per heavy atom. The number of hydrogen-bond acceptors (Lipinski definition) is 5. The first-order chi connectivity index (χ1) is 9.51. The molecular weight excluding hydrogens is 280 g/mol. The van der Waals surface area contributed by atoms with Crippen LogP contribution in [0.2, 0.25) is 5.15 Å². The fraction of sp³-hybridized carbons (Fsp3) is 0.286. The van der Waals surface area contributed by atoms with Crippen LogP contribution in [0.25, 0.3) is 0 Å². The molecule has 0 bridgehead atoms. The fourth-order valence-electron chi connectivity index (χ4n) is 1.79. The summed E-state index contributed by atoms with van der Waals surface area (Å²) in [6, 6.07) is 3.57. The highest BCUT2D eigenvalue weighted by Crippen LogP contribution is 2.19. The lowest BCUT2D eigenvalue weighted by Gasteiger charge is -2.05. The monoisotopic (exact) mass is 294 g/mol. The second-order valence-electron chi connectivity index (χ2n) is 4.36. The number of methoxy groups -OCH3 is 1. The van der Waals surface area contributed by atoms with Crippen LogP contribution in [-0.4, -0.2) is 18.1 Å². The van der Waals surface area contributed by atoms with Gasteiger partial charge in [0.05, 0.1) is 25.5 Å². The van der Waals surface area contributed by atoms with Crippen molar-refractivity contribution in [3.8, 4) is 0 Å². The molecule has 1 N–H and O–H groups in total. The number of carbonyl (C=O) groups is 1. The zero-order chi connectivity index (χ0) is 14.7. The van der Waals surface area contributed by atoms with E-state index < -0.39 is 5.97 Å². The molecule has 0 amide bonds. The molecule has 0 saturated heterocycles. The zero-order valence-corrected chi connectivity index (χ0v) is 12.2.